The third kappa shape index (κ3) is 4.89. The summed E-state index contributed by atoms with van der Waals surface area (Å²) in [7, 11) is 0. The third-order valence-electron chi connectivity index (χ3n) is 3.42. The van der Waals surface area contributed by atoms with Crippen LogP contribution < -0.4 is 10.6 Å². The van der Waals surface area contributed by atoms with Crippen molar-refractivity contribution in [1.82, 2.24) is 5.32 Å². The molecule has 0 heterocycles. The fourth-order valence-electron chi connectivity index (χ4n) is 2.40. The van der Waals surface area contributed by atoms with E-state index in [1.165, 1.54) is 6.07 Å². The first-order valence-electron chi connectivity index (χ1n) is 6.75. The topological polar surface area (TPSA) is 41.1 Å². The van der Waals surface area contributed by atoms with E-state index in [-0.39, 0.29) is 23.2 Å². The molecule has 0 radical (unpaired) electrons. The van der Waals surface area contributed by atoms with Gasteiger partial charge in [-0.1, -0.05) is 24.4 Å². The Bertz CT molecular complexity index is 513. The van der Waals surface area contributed by atoms with Crippen molar-refractivity contribution in [2.24, 2.45) is 0 Å². The number of carbonyl (C=O) groups is 1. The molecule has 0 aromatic heterocycles. The highest BCUT2D eigenvalue weighted by atomic mass is 35.5. The lowest BCUT2D eigenvalue weighted by Crippen LogP contribution is -2.34. The van der Waals surface area contributed by atoms with Gasteiger partial charge in [0.2, 0.25) is 5.91 Å². The maximum atomic E-state index is 12.7. The average molecular weight is 321 g/mol. The van der Waals surface area contributed by atoms with Gasteiger partial charge in [-0.3, -0.25) is 4.79 Å². The smallest absolute Gasteiger partial charge is 0.325 e. The van der Waals surface area contributed by atoms with Crippen LogP contribution in [0.15, 0.2) is 18.2 Å². The van der Waals surface area contributed by atoms with Gasteiger partial charge >= 0.3 is 6.18 Å². The van der Waals surface area contributed by atoms with Crippen LogP contribution in [-0.4, -0.2) is 18.5 Å². The van der Waals surface area contributed by atoms with Crippen molar-refractivity contribution < 1.29 is 18.0 Å². The Morgan fingerprint density at radius 1 is 1.24 bits per heavy atom. The average Bonchev–Trinajstić information content (AvgIpc) is 2.87. The zero-order valence-electron chi connectivity index (χ0n) is 11.3. The van der Waals surface area contributed by atoms with Gasteiger partial charge in [-0.05, 0) is 31.0 Å². The summed E-state index contributed by atoms with van der Waals surface area (Å²) in [4.78, 5) is 11.7. The normalized spacial score (nSPS) is 16.2. The molecule has 0 spiro atoms. The zero-order chi connectivity index (χ0) is 15.5. The SMILES string of the molecule is O=C(CNC1CCCC1)Nc1cc(Cl)cc(C(F)(F)F)c1. The van der Waals surface area contributed by atoms with Crippen LogP contribution in [0.3, 0.4) is 0 Å². The fourth-order valence-corrected chi connectivity index (χ4v) is 2.63. The van der Waals surface area contributed by atoms with Crippen molar-refractivity contribution in [3.05, 3.63) is 28.8 Å². The van der Waals surface area contributed by atoms with Crippen LogP contribution in [-0.2, 0) is 11.0 Å². The Morgan fingerprint density at radius 3 is 2.52 bits per heavy atom. The van der Waals surface area contributed by atoms with E-state index in [1.807, 2.05) is 0 Å². The summed E-state index contributed by atoms with van der Waals surface area (Å²) in [6.45, 7) is 0.0819. The molecule has 1 fully saturated rings. The van der Waals surface area contributed by atoms with E-state index in [9.17, 15) is 18.0 Å². The van der Waals surface area contributed by atoms with E-state index in [0.717, 1.165) is 37.8 Å². The number of hydrogen-bond donors (Lipinski definition) is 2. The van der Waals surface area contributed by atoms with Crippen LogP contribution in [0.4, 0.5) is 18.9 Å². The maximum absolute atomic E-state index is 12.7. The lowest BCUT2D eigenvalue weighted by Gasteiger charge is -2.13. The Morgan fingerprint density at radius 2 is 1.90 bits per heavy atom. The summed E-state index contributed by atoms with van der Waals surface area (Å²) < 4.78 is 38.0. The number of hydrogen-bond acceptors (Lipinski definition) is 2. The van der Waals surface area contributed by atoms with E-state index in [4.69, 9.17) is 11.6 Å². The van der Waals surface area contributed by atoms with Gasteiger partial charge < -0.3 is 10.6 Å². The van der Waals surface area contributed by atoms with Crippen LogP contribution in [0.2, 0.25) is 5.02 Å². The van der Waals surface area contributed by atoms with Crippen LogP contribution in [0.5, 0.6) is 0 Å². The lowest BCUT2D eigenvalue weighted by molar-refractivity contribution is -0.137. The molecule has 2 rings (SSSR count). The second-order valence-electron chi connectivity index (χ2n) is 5.14. The second-order valence-corrected chi connectivity index (χ2v) is 5.57. The molecule has 7 heteroatoms. The number of anilines is 1. The molecule has 21 heavy (non-hydrogen) atoms. The Hall–Kier alpha value is -1.27. The summed E-state index contributed by atoms with van der Waals surface area (Å²) in [5.41, 5.74) is -0.831. The van der Waals surface area contributed by atoms with Gasteiger partial charge in [0.25, 0.3) is 0 Å². The molecule has 3 nitrogen and oxygen atoms in total. The van der Waals surface area contributed by atoms with E-state index in [2.05, 4.69) is 10.6 Å². The minimum atomic E-state index is -4.49. The molecular formula is C14H16ClF3N2O. The number of nitrogens with one attached hydrogen (secondary N) is 2. The number of carbonyl (C=O) groups excluding carboxylic acids is 1. The molecule has 0 aliphatic heterocycles. The molecule has 1 aliphatic rings. The summed E-state index contributed by atoms with van der Waals surface area (Å²) in [5, 5.41) is 5.46. The largest absolute Gasteiger partial charge is 0.416 e. The summed E-state index contributed by atoms with van der Waals surface area (Å²) >= 11 is 5.65. The fraction of sp³-hybridized carbons (Fsp3) is 0.500. The monoisotopic (exact) mass is 320 g/mol. The van der Waals surface area contributed by atoms with Crippen molar-refractivity contribution in [2.75, 3.05) is 11.9 Å². The van der Waals surface area contributed by atoms with Gasteiger partial charge in [0.1, 0.15) is 0 Å². The predicted octanol–water partition coefficient (Wildman–Crippen LogP) is 3.83. The number of rotatable bonds is 4. The van der Waals surface area contributed by atoms with Gasteiger partial charge in [0, 0.05) is 16.8 Å². The van der Waals surface area contributed by atoms with Crippen LogP contribution >= 0.6 is 11.6 Å². The van der Waals surface area contributed by atoms with E-state index in [0.29, 0.717) is 6.04 Å². The molecule has 1 aromatic carbocycles. The molecule has 1 amide bonds. The first-order valence-corrected chi connectivity index (χ1v) is 7.13. The summed E-state index contributed by atoms with van der Waals surface area (Å²) in [5.74, 6) is -0.378. The Kier molecular flexibility index (Phi) is 5.11. The Labute approximate surface area is 125 Å². The standard InChI is InChI=1S/C14H16ClF3N2O/c15-10-5-9(14(16,17)18)6-12(7-10)20-13(21)8-19-11-3-1-2-4-11/h5-7,11,19H,1-4,8H2,(H,20,21). The van der Waals surface area contributed by atoms with Gasteiger partial charge in [-0.15, -0.1) is 0 Å². The molecule has 0 atom stereocenters. The quantitative estimate of drug-likeness (QED) is 0.885. The van der Waals surface area contributed by atoms with Gasteiger partial charge in [0.15, 0.2) is 0 Å². The van der Waals surface area contributed by atoms with Crippen LogP contribution in [0.1, 0.15) is 31.2 Å². The van der Waals surface area contributed by atoms with Crippen molar-refractivity contribution in [2.45, 2.75) is 37.9 Å². The Balaban J connectivity index is 1.95. The number of alkyl halides is 3. The van der Waals surface area contributed by atoms with Crippen LogP contribution in [0, 0.1) is 0 Å². The molecule has 116 valence electrons. The highest BCUT2D eigenvalue weighted by molar-refractivity contribution is 6.31. The van der Waals surface area contributed by atoms with Gasteiger partial charge in [0.05, 0.1) is 12.1 Å². The highest BCUT2D eigenvalue weighted by Crippen LogP contribution is 2.33. The minimum absolute atomic E-state index is 0.0491. The summed E-state index contributed by atoms with van der Waals surface area (Å²) in [6, 6.07) is 3.32. The maximum Gasteiger partial charge on any atom is 0.416 e. The van der Waals surface area contributed by atoms with E-state index < -0.39 is 11.7 Å². The van der Waals surface area contributed by atoms with Gasteiger partial charge in [-0.25, -0.2) is 0 Å². The highest BCUT2D eigenvalue weighted by Gasteiger charge is 2.31. The molecule has 0 bridgehead atoms. The van der Waals surface area contributed by atoms with Crippen molar-refractivity contribution in [1.29, 1.82) is 0 Å². The molecule has 1 aliphatic carbocycles. The first-order chi connectivity index (χ1) is 9.84. The second kappa shape index (κ2) is 6.66. The molecular weight excluding hydrogens is 305 g/mol. The van der Waals surface area contributed by atoms with Crippen molar-refractivity contribution in [3.8, 4) is 0 Å². The molecule has 1 saturated carbocycles. The minimum Gasteiger partial charge on any atom is -0.325 e. The zero-order valence-corrected chi connectivity index (χ0v) is 12.0. The predicted molar refractivity (Wildman–Crippen MR) is 75.3 cm³/mol. The van der Waals surface area contributed by atoms with Gasteiger partial charge in [-0.2, -0.15) is 13.2 Å². The molecule has 0 unspecified atom stereocenters. The number of benzene rings is 1. The molecule has 2 N–H and O–H groups in total. The van der Waals surface area contributed by atoms with Crippen molar-refractivity contribution >= 4 is 23.2 Å². The van der Waals surface area contributed by atoms with E-state index in [1.54, 1.807) is 0 Å². The molecule has 1 aromatic rings. The van der Waals surface area contributed by atoms with Crippen molar-refractivity contribution in [3.63, 3.8) is 0 Å². The number of halogens is 4. The first kappa shape index (κ1) is 16.1. The lowest BCUT2D eigenvalue weighted by atomic mass is 10.2. The van der Waals surface area contributed by atoms with Crippen LogP contribution in [0.25, 0.3) is 0 Å². The molecule has 0 saturated heterocycles. The summed E-state index contributed by atoms with van der Waals surface area (Å²) in [6.07, 6.45) is -0.150. The number of amides is 1. The van der Waals surface area contributed by atoms with E-state index >= 15 is 0 Å². The third-order valence-corrected chi connectivity index (χ3v) is 3.63.